The zero-order valence-electron chi connectivity index (χ0n) is 14.9. The van der Waals surface area contributed by atoms with Gasteiger partial charge in [0.15, 0.2) is 5.82 Å². The van der Waals surface area contributed by atoms with Gasteiger partial charge in [0.25, 0.3) is 0 Å². The zero-order chi connectivity index (χ0) is 17.8. The van der Waals surface area contributed by atoms with Crippen LogP contribution in [0.25, 0.3) is 10.7 Å². The second kappa shape index (κ2) is 7.93. The Hall–Kier alpha value is -2.31. The summed E-state index contributed by atoms with van der Waals surface area (Å²) in [6.07, 6.45) is 5.71. The molecule has 0 radical (unpaired) electrons. The largest absolute Gasteiger partial charge is 0.477 e. The number of rotatable bonds is 6. The lowest BCUT2D eigenvalue weighted by Crippen LogP contribution is -2.31. The highest BCUT2D eigenvalue weighted by Gasteiger charge is 2.20. The van der Waals surface area contributed by atoms with Crippen LogP contribution < -0.4 is 4.74 Å². The number of ether oxygens (including phenoxy) is 1. The van der Waals surface area contributed by atoms with Crippen molar-refractivity contribution in [2.24, 2.45) is 0 Å². The van der Waals surface area contributed by atoms with Crippen LogP contribution in [0.4, 0.5) is 0 Å². The Morgan fingerprint density at radius 3 is 3.04 bits per heavy atom. The summed E-state index contributed by atoms with van der Waals surface area (Å²) >= 11 is 1.68. The maximum Gasteiger partial charge on any atom is 0.217 e. The number of pyridine rings is 1. The standard InChI is InChI=1S/C20H22N4OS/c1-2-10-25-20-15(5-3-8-21-20)13-24-9-7-17-16(14-24)12-22-19(23-17)18-6-4-11-26-18/h3-6,8,11-12H,2,7,9-10,13-14H2,1H3. The van der Waals surface area contributed by atoms with E-state index in [0.717, 1.165) is 54.6 Å². The minimum absolute atomic E-state index is 0.701. The monoisotopic (exact) mass is 366 g/mol. The van der Waals surface area contributed by atoms with Gasteiger partial charge in [-0.25, -0.2) is 15.0 Å². The number of thiophene rings is 1. The van der Waals surface area contributed by atoms with E-state index in [1.54, 1.807) is 17.5 Å². The van der Waals surface area contributed by atoms with Crippen molar-refractivity contribution in [2.45, 2.75) is 32.9 Å². The van der Waals surface area contributed by atoms with E-state index in [9.17, 15) is 0 Å². The lowest BCUT2D eigenvalue weighted by Gasteiger charge is -2.28. The summed E-state index contributed by atoms with van der Waals surface area (Å²) in [5, 5.41) is 2.06. The first-order valence-corrected chi connectivity index (χ1v) is 9.89. The Bertz CT molecular complexity index is 866. The molecule has 3 aromatic rings. The van der Waals surface area contributed by atoms with E-state index < -0.39 is 0 Å². The molecule has 0 amide bonds. The van der Waals surface area contributed by atoms with Crippen LogP contribution in [0.1, 0.15) is 30.2 Å². The van der Waals surface area contributed by atoms with Crippen molar-refractivity contribution in [1.82, 2.24) is 19.9 Å². The average molecular weight is 366 g/mol. The first kappa shape index (κ1) is 17.1. The van der Waals surface area contributed by atoms with Gasteiger partial charge in [0.1, 0.15) is 0 Å². The van der Waals surface area contributed by atoms with E-state index in [4.69, 9.17) is 9.72 Å². The molecule has 0 aliphatic carbocycles. The molecule has 0 fully saturated rings. The molecule has 4 heterocycles. The molecule has 4 rings (SSSR count). The van der Waals surface area contributed by atoms with Gasteiger partial charge >= 0.3 is 0 Å². The van der Waals surface area contributed by atoms with Gasteiger partial charge in [-0.1, -0.05) is 19.1 Å². The van der Waals surface area contributed by atoms with E-state index in [0.29, 0.717) is 6.61 Å². The molecule has 3 aromatic heterocycles. The molecule has 5 nitrogen and oxygen atoms in total. The number of fused-ring (bicyclic) bond motifs is 1. The minimum atomic E-state index is 0.701. The van der Waals surface area contributed by atoms with Gasteiger partial charge in [-0.3, -0.25) is 4.90 Å². The Morgan fingerprint density at radius 1 is 1.23 bits per heavy atom. The highest BCUT2D eigenvalue weighted by Crippen LogP contribution is 2.25. The van der Waals surface area contributed by atoms with Gasteiger partial charge in [0, 0.05) is 49.6 Å². The fourth-order valence-corrected chi connectivity index (χ4v) is 3.81. The fourth-order valence-electron chi connectivity index (χ4n) is 3.15. The van der Waals surface area contributed by atoms with Crippen molar-refractivity contribution < 1.29 is 4.74 Å². The molecule has 134 valence electrons. The average Bonchev–Trinajstić information content (AvgIpc) is 3.22. The normalized spacial score (nSPS) is 14.2. The molecule has 1 aliphatic heterocycles. The third-order valence-electron chi connectivity index (χ3n) is 4.44. The number of hydrogen-bond acceptors (Lipinski definition) is 6. The van der Waals surface area contributed by atoms with Crippen molar-refractivity contribution in [3.05, 3.63) is 58.9 Å². The third kappa shape index (κ3) is 3.76. The molecular formula is C20H22N4OS. The molecule has 0 atom stereocenters. The second-order valence-corrected chi connectivity index (χ2v) is 7.37. The van der Waals surface area contributed by atoms with Crippen LogP contribution in [0.3, 0.4) is 0 Å². The number of hydrogen-bond donors (Lipinski definition) is 0. The Kier molecular flexibility index (Phi) is 5.22. The van der Waals surface area contributed by atoms with Crippen LogP contribution in [-0.2, 0) is 19.5 Å². The number of nitrogens with zero attached hydrogens (tertiary/aromatic N) is 4. The van der Waals surface area contributed by atoms with E-state index in [-0.39, 0.29) is 0 Å². The van der Waals surface area contributed by atoms with Crippen molar-refractivity contribution in [3.63, 3.8) is 0 Å². The molecule has 0 N–H and O–H groups in total. The summed E-state index contributed by atoms with van der Waals surface area (Å²) in [6.45, 7) is 5.48. The van der Waals surface area contributed by atoms with Crippen molar-refractivity contribution in [3.8, 4) is 16.6 Å². The molecule has 0 bridgehead atoms. The minimum Gasteiger partial charge on any atom is -0.477 e. The van der Waals surface area contributed by atoms with Crippen molar-refractivity contribution in [1.29, 1.82) is 0 Å². The Balaban J connectivity index is 1.48. The van der Waals surface area contributed by atoms with E-state index in [2.05, 4.69) is 39.3 Å². The van der Waals surface area contributed by atoms with Gasteiger partial charge in [-0.2, -0.15) is 0 Å². The molecule has 26 heavy (non-hydrogen) atoms. The summed E-state index contributed by atoms with van der Waals surface area (Å²) in [6, 6.07) is 8.19. The van der Waals surface area contributed by atoms with E-state index in [1.165, 1.54) is 11.3 Å². The highest BCUT2D eigenvalue weighted by atomic mass is 32.1. The first-order chi connectivity index (χ1) is 12.8. The summed E-state index contributed by atoms with van der Waals surface area (Å²) < 4.78 is 5.79. The third-order valence-corrected chi connectivity index (χ3v) is 5.31. The smallest absolute Gasteiger partial charge is 0.217 e. The summed E-state index contributed by atoms with van der Waals surface area (Å²) in [5.74, 6) is 1.60. The summed E-state index contributed by atoms with van der Waals surface area (Å²) in [4.78, 5) is 17.3. The second-order valence-electron chi connectivity index (χ2n) is 6.42. The van der Waals surface area contributed by atoms with Crippen LogP contribution >= 0.6 is 11.3 Å². The van der Waals surface area contributed by atoms with Gasteiger partial charge in [-0.05, 0) is 23.9 Å². The molecule has 0 unspecified atom stereocenters. The Morgan fingerprint density at radius 2 is 2.19 bits per heavy atom. The predicted octanol–water partition coefficient (Wildman–Crippen LogP) is 3.95. The van der Waals surface area contributed by atoms with Gasteiger partial charge in [0.05, 0.1) is 17.2 Å². The fraction of sp³-hybridized carbons (Fsp3) is 0.350. The summed E-state index contributed by atoms with van der Waals surface area (Å²) in [7, 11) is 0. The molecule has 0 saturated heterocycles. The molecule has 6 heteroatoms. The first-order valence-electron chi connectivity index (χ1n) is 9.01. The van der Waals surface area contributed by atoms with Crippen LogP contribution in [0.2, 0.25) is 0 Å². The lowest BCUT2D eigenvalue weighted by atomic mass is 10.1. The maximum absolute atomic E-state index is 5.79. The molecule has 0 aromatic carbocycles. The van der Waals surface area contributed by atoms with Crippen LogP contribution in [0.5, 0.6) is 5.88 Å². The summed E-state index contributed by atoms with van der Waals surface area (Å²) in [5.41, 5.74) is 3.53. The molecular weight excluding hydrogens is 344 g/mol. The molecule has 0 spiro atoms. The van der Waals surface area contributed by atoms with Crippen LogP contribution in [0, 0.1) is 0 Å². The predicted molar refractivity (Wildman–Crippen MR) is 103 cm³/mol. The van der Waals surface area contributed by atoms with Gasteiger partial charge < -0.3 is 4.74 Å². The molecule has 1 aliphatic rings. The molecule has 0 saturated carbocycles. The van der Waals surface area contributed by atoms with Gasteiger partial charge in [0.2, 0.25) is 5.88 Å². The Labute approximate surface area is 157 Å². The van der Waals surface area contributed by atoms with Crippen molar-refractivity contribution >= 4 is 11.3 Å². The van der Waals surface area contributed by atoms with Crippen molar-refractivity contribution in [2.75, 3.05) is 13.2 Å². The van der Waals surface area contributed by atoms with Crippen LogP contribution in [0.15, 0.2) is 42.0 Å². The lowest BCUT2D eigenvalue weighted by molar-refractivity contribution is 0.233. The van der Waals surface area contributed by atoms with Gasteiger partial charge in [-0.15, -0.1) is 11.3 Å². The highest BCUT2D eigenvalue weighted by molar-refractivity contribution is 7.13. The SMILES string of the molecule is CCCOc1ncccc1CN1CCc2nc(-c3cccs3)ncc2C1. The van der Waals surface area contributed by atoms with E-state index >= 15 is 0 Å². The van der Waals surface area contributed by atoms with E-state index in [1.807, 2.05) is 18.3 Å². The maximum atomic E-state index is 5.79. The quantitative estimate of drug-likeness (QED) is 0.661. The number of aromatic nitrogens is 3. The van der Waals surface area contributed by atoms with Crippen LogP contribution in [-0.4, -0.2) is 33.0 Å². The zero-order valence-corrected chi connectivity index (χ0v) is 15.7. The topological polar surface area (TPSA) is 51.1 Å².